The van der Waals surface area contributed by atoms with E-state index in [1.807, 2.05) is 17.1 Å². The number of nitrogens with one attached hydrogen (secondary N) is 1. The standard InChI is InChI=1S/C13H25N5.HI/c1-2-3-4-5-7-16-13(14)17-8-6-10-18-11-9-15-12-18;/h9,11-12H,2-8,10H2,1H3,(H3,14,16,17);1H. The van der Waals surface area contributed by atoms with E-state index in [0.717, 1.165) is 26.1 Å². The van der Waals surface area contributed by atoms with Crippen LogP contribution in [0.25, 0.3) is 0 Å². The Bertz CT molecular complexity index is 324. The van der Waals surface area contributed by atoms with E-state index in [4.69, 9.17) is 5.73 Å². The maximum absolute atomic E-state index is 5.77. The van der Waals surface area contributed by atoms with Gasteiger partial charge in [0.2, 0.25) is 0 Å². The molecule has 5 nitrogen and oxygen atoms in total. The van der Waals surface area contributed by atoms with Crippen molar-refractivity contribution in [2.24, 2.45) is 10.7 Å². The van der Waals surface area contributed by atoms with Gasteiger partial charge >= 0.3 is 0 Å². The molecule has 0 aliphatic heterocycles. The molecule has 0 spiro atoms. The number of guanidine groups is 1. The van der Waals surface area contributed by atoms with Crippen molar-refractivity contribution < 1.29 is 0 Å². The summed E-state index contributed by atoms with van der Waals surface area (Å²) in [5, 5.41) is 3.14. The number of aromatic nitrogens is 2. The van der Waals surface area contributed by atoms with Crippen LogP contribution in [0.4, 0.5) is 0 Å². The molecule has 0 bridgehead atoms. The first-order valence-corrected chi connectivity index (χ1v) is 6.82. The van der Waals surface area contributed by atoms with Gasteiger partial charge in [-0.2, -0.15) is 0 Å². The summed E-state index contributed by atoms with van der Waals surface area (Å²) in [6.07, 6.45) is 11.5. The van der Waals surface area contributed by atoms with Gasteiger partial charge in [0.15, 0.2) is 5.96 Å². The second kappa shape index (κ2) is 12.3. The number of unbranched alkanes of at least 4 members (excludes halogenated alkanes) is 3. The van der Waals surface area contributed by atoms with Crippen LogP contribution in [0.2, 0.25) is 0 Å². The molecule has 0 fully saturated rings. The van der Waals surface area contributed by atoms with Crippen LogP contribution in [0.15, 0.2) is 23.7 Å². The minimum atomic E-state index is 0. The van der Waals surface area contributed by atoms with Crippen LogP contribution >= 0.6 is 24.0 Å². The van der Waals surface area contributed by atoms with Crippen molar-refractivity contribution in [3.63, 3.8) is 0 Å². The molecule has 1 rings (SSSR count). The highest BCUT2D eigenvalue weighted by atomic mass is 127. The summed E-state index contributed by atoms with van der Waals surface area (Å²) in [7, 11) is 0. The molecule has 0 atom stereocenters. The summed E-state index contributed by atoms with van der Waals surface area (Å²) in [4.78, 5) is 8.28. The minimum absolute atomic E-state index is 0. The van der Waals surface area contributed by atoms with Gasteiger partial charge in [-0.1, -0.05) is 26.2 Å². The van der Waals surface area contributed by atoms with E-state index >= 15 is 0 Å². The maximum Gasteiger partial charge on any atom is 0.188 e. The molecule has 0 aliphatic rings. The Balaban J connectivity index is 0.00000324. The molecule has 0 radical (unpaired) electrons. The van der Waals surface area contributed by atoms with Gasteiger partial charge in [-0.05, 0) is 12.8 Å². The van der Waals surface area contributed by atoms with Crippen molar-refractivity contribution >= 4 is 29.9 Å². The molecule has 1 aromatic heterocycles. The summed E-state index contributed by atoms with van der Waals surface area (Å²) in [6.45, 7) is 4.83. The Labute approximate surface area is 133 Å². The van der Waals surface area contributed by atoms with Crippen molar-refractivity contribution in [2.75, 3.05) is 13.1 Å². The third-order valence-electron chi connectivity index (χ3n) is 2.75. The molecule has 6 heteroatoms. The van der Waals surface area contributed by atoms with Gasteiger partial charge in [0.05, 0.1) is 6.33 Å². The molecular formula is C13H26IN5. The first-order valence-electron chi connectivity index (χ1n) is 6.82. The normalized spacial score (nSPS) is 11.1. The lowest BCUT2D eigenvalue weighted by molar-refractivity contribution is 0.641. The fourth-order valence-electron chi connectivity index (χ4n) is 1.70. The Kier molecular flexibility index (Phi) is 11.7. The Morgan fingerprint density at radius 3 is 2.84 bits per heavy atom. The lowest BCUT2D eigenvalue weighted by atomic mass is 10.2. The predicted molar refractivity (Wildman–Crippen MR) is 90.9 cm³/mol. The van der Waals surface area contributed by atoms with E-state index in [2.05, 4.69) is 22.2 Å². The molecular weight excluding hydrogens is 353 g/mol. The molecule has 0 saturated carbocycles. The van der Waals surface area contributed by atoms with E-state index in [1.165, 1.54) is 25.7 Å². The van der Waals surface area contributed by atoms with Gasteiger partial charge in [0.1, 0.15) is 0 Å². The van der Waals surface area contributed by atoms with E-state index in [-0.39, 0.29) is 24.0 Å². The molecule has 0 amide bonds. The van der Waals surface area contributed by atoms with E-state index in [9.17, 15) is 0 Å². The van der Waals surface area contributed by atoms with Gasteiger partial charge in [-0.15, -0.1) is 24.0 Å². The summed E-state index contributed by atoms with van der Waals surface area (Å²) in [5.41, 5.74) is 5.77. The number of rotatable bonds is 9. The first-order chi connectivity index (χ1) is 8.83. The van der Waals surface area contributed by atoms with Gasteiger partial charge in [-0.3, -0.25) is 4.99 Å². The maximum atomic E-state index is 5.77. The Morgan fingerprint density at radius 1 is 1.32 bits per heavy atom. The van der Waals surface area contributed by atoms with Crippen molar-refractivity contribution in [1.82, 2.24) is 14.9 Å². The number of nitrogens with two attached hydrogens (primary N) is 1. The largest absolute Gasteiger partial charge is 0.370 e. The van der Waals surface area contributed by atoms with Crippen LogP contribution in [0, 0.1) is 0 Å². The topological polar surface area (TPSA) is 68.2 Å². The fourth-order valence-corrected chi connectivity index (χ4v) is 1.70. The number of aryl methyl sites for hydroxylation is 1. The highest BCUT2D eigenvalue weighted by molar-refractivity contribution is 14.0. The number of hydrogen-bond donors (Lipinski definition) is 2. The van der Waals surface area contributed by atoms with Gasteiger partial charge in [0.25, 0.3) is 0 Å². The molecule has 19 heavy (non-hydrogen) atoms. The van der Waals surface area contributed by atoms with Crippen molar-refractivity contribution in [3.8, 4) is 0 Å². The minimum Gasteiger partial charge on any atom is -0.370 e. The summed E-state index contributed by atoms with van der Waals surface area (Å²) in [6, 6.07) is 0. The van der Waals surface area contributed by atoms with Crippen LogP contribution in [-0.2, 0) is 6.54 Å². The Morgan fingerprint density at radius 2 is 2.16 bits per heavy atom. The monoisotopic (exact) mass is 379 g/mol. The van der Waals surface area contributed by atoms with E-state index in [1.54, 1.807) is 6.20 Å². The van der Waals surface area contributed by atoms with Crippen molar-refractivity contribution in [1.29, 1.82) is 0 Å². The number of imidazole rings is 1. The van der Waals surface area contributed by atoms with E-state index in [0.29, 0.717) is 5.96 Å². The van der Waals surface area contributed by atoms with E-state index < -0.39 is 0 Å². The van der Waals surface area contributed by atoms with Crippen LogP contribution in [0.1, 0.15) is 39.0 Å². The van der Waals surface area contributed by atoms with Gasteiger partial charge in [0, 0.05) is 32.0 Å². The quantitative estimate of drug-likeness (QED) is 0.300. The molecule has 110 valence electrons. The Hall–Kier alpha value is -0.790. The fraction of sp³-hybridized carbons (Fsp3) is 0.692. The average Bonchev–Trinajstić information content (AvgIpc) is 2.87. The second-order valence-electron chi connectivity index (χ2n) is 4.41. The molecule has 1 heterocycles. The van der Waals surface area contributed by atoms with Crippen molar-refractivity contribution in [3.05, 3.63) is 18.7 Å². The lowest BCUT2D eigenvalue weighted by Crippen LogP contribution is -2.32. The van der Waals surface area contributed by atoms with Crippen LogP contribution in [-0.4, -0.2) is 28.6 Å². The SMILES string of the molecule is CCCCCCNC(N)=NCCCn1ccnc1.I. The summed E-state index contributed by atoms with van der Waals surface area (Å²) < 4.78 is 2.05. The predicted octanol–water partition coefficient (Wildman–Crippen LogP) is 2.38. The number of hydrogen-bond acceptors (Lipinski definition) is 2. The zero-order valence-corrected chi connectivity index (χ0v) is 14.0. The smallest absolute Gasteiger partial charge is 0.188 e. The van der Waals surface area contributed by atoms with Gasteiger partial charge in [-0.25, -0.2) is 4.98 Å². The van der Waals surface area contributed by atoms with Crippen LogP contribution in [0.3, 0.4) is 0 Å². The van der Waals surface area contributed by atoms with Crippen molar-refractivity contribution in [2.45, 2.75) is 45.6 Å². The summed E-state index contributed by atoms with van der Waals surface area (Å²) in [5.74, 6) is 0.567. The molecule has 0 saturated heterocycles. The zero-order chi connectivity index (χ0) is 13.1. The zero-order valence-electron chi connectivity index (χ0n) is 11.7. The second-order valence-corrected chi connectivity index (χ2v) is 4.41. The first kappa shape index (κ1) is 18.2. The lowest BCUT2D eigenvalue weighted by Gasteiger charge is -2.05. The third kappa shape index (κ3) is 9.75. The van der Waals surface area contributed by atoms with Crippen LogP contribution in [0.5, 0.6) is 0 Å². The molecule has 0 aromatic carbocycles. The van der Waals surface area contributed by atoms with Crippen LogP contribution < -0.4 is 11.1 Å². The average molecular weight is 379 g/mol. The molecule has 0 unspecified atom stereocenters. The number of halogens is 1. The molecule has 3 N–H and O–H groups in total. The highest BCUT2D eigenvalue weighted by Gasteiger charge is 1.93. The third-order valence-corrected chi connectivity index (χ3v) is 2.75. The molecule has 1 aromatic rings. The number of aliphatic imine (C=N–C) groups is 1. The number of nitrogens with zero attached hydrogens (tertiary/aromatic N) is 3. The van der Waals surface area contributed by atoms with Gasteiger partial charge < -0.3 is 15.6 Å². The molecule has 0 aliphatic carbocycles. The highest BCUT2D eigenvalue weighted by Crippen LogP contribution is 1.96. The summed E-state index contributed by atoms with van der Waals surface area (Å²) >= 11 is 0.